The first-order valence-corrected chi connectivity index (χ1v) is 7.73. The van der Waals surface area contributed by atoms with Crippen molar-refractivity contribution in [3.8, 4) is 0 Å². The van der Waals surface area contributed by atoms with Crippen molar-refractivity contribution in [2.45, 2.75) is 4.90 Å². The van der Waals surface area contributed by atoms with E-state index in [2.05, 4.69) is 0 Å². The second kappa shape index (κ2) is 4.83. The number of rotatable bonds is 2. The molecule has 2 aromatic carbocycles. The third-order valence-electron chi connectivity index (χ3n) is 3.53. The Morgan fingerprint density at radius 1 is 0.913 bits per heavy atom. The van der Waals surface area contributed by atoms with Gasteiger partial charge in [0, 0.05) is 16.7 Å². The van der Waals surface area contributed by atoms with E-state index in [-0.39, 0.29) is 22.3 Å². The van der Waals surface area contributed by atoms with Crippen LogP contribution in [0, 0.1) is 0 Å². The third kappa shape index (κ3) is 2.24. The van der Waals surface area contributed by atoms with E-state index in [4.69, 9.17) is 5.11 Å². The molecule has 0 unspecified atom stereocenters. The fourth-order valence-electron chi connectivity index (χ4n) is 2.51. The topological polar surface area (TPSA) is 126 Å². The van der Waals surface area contributed by atoms with Gasteiger partial charge in [0.15, 0.2) is 11.6 Å². The summed E-state index contributed by atoms with van der Waals surface area (Å²) in [6.45, 7) is 0. The molecule has 1 aliphatic carbocycles. The summed E-state index contributed by atoms with van der Waals surface area (Å²) in [5, 5.41) is 8.98. The summed E-state index contributed by atoms with van der Waals surface area (Å²) in [7, 11) is -4.69. The maximum atomic E-state index is 12.5. The number of hydrogen-bond donors (Lipinski definition) is 2. The highest BCUT2D eigenvalue weighted by molar-refractivity contribution is 7.86. The van der Waals surface area contributed by atoms with Crippen LogP contribution in [0.1, 0.15) is 42.2 Å². The molecule has 116 valence electrons. The molecule has 23 heavy (non-hydrogen) atoms. The van der Waals surface area contributed by atoms with Gasteiger partial charge in [-0.2, -0.15) is 8.42 Å². The highest BCUT2D eigenvalue weighted by Gasteiger charge is 2.34. The minimum absolute atomic E-state index is 0.108. The van der Waals surface area contributed by atoms with Gasteiger partial charge in [-0.1, -0.05) is 12.1 Å². The Labute approximate surface area is 129 Å². The van der Waals surface area contributed by atoms with Crippen LogP contribution in [-0.4, -0.2) is 35.6 Å². The van der Waals surface area contributed by atoms with Crippen molar-refractivity contribution >= 4 is 27.7 Å². The molecule has 2 aromatic rings. The van der Waals surface area contributed by atoms with E-state index in [0.29, 0.717) is 0 Å². The number of carboxylic acid groups (broad SMARTS) is 1. The summed E-state index contributed by atoms with van der Waals surface area (Å²) in [5.74, 6) is -2.70. The number of carboxylic acids is 1. The normalized spacial score (nSPS) is 13.4. The Kier molecular flexibility index (Phi) is 3.17. The number of aromatic carboxylic acids is 1. The highest BCUT2D eigenvalue weighted by Crippen LogP contribution is 2.31. The lowest BCUT2D eigenvalue weighted by Crippen LogP contribution is -2.24. The molecule has 0 atom stereocenters. The monoisotopic (exact) mass is 332 g/mol. The first-order chi connectivity index (χ1) is 10.7. The quantitative estimate of drug-likeness (QED) is 0.679. The molecule has 0 saturated heterocycles. The van der Waals surface area contributed by atoms with Crippen LogP contribution in [0.4, 0.5) is 0 Å². The molecular formula is C15H8O7S. The van der Waals surface area contributed by atoms with Crippen LogP contribution in [0.25, 0.3) is 0 Å². The fraction of sp³-hybridized carbons (Fsp3) is 0. The molecule has 8 heteroatoms. The van der Waals surface area contributed by atoms with Gasteiger partial charge in [0.25, 0.3) is 10.1 Å². The lowest BCUT2D eigenvalue weighted by Gasteiger charge is -2.19. The van der Waals surface area contributed by atoms with Crippen LogP contribution in [-0.2, 0) is 10.1 Å². The second-order valence-corrected chi connectivity index (χ2v) is 6.27. The Bertz CT molecular complexity index is 1000. The van der Waals surface area contributed by atoms with Crippen LogP contribution in [0.3, 0.4) is 0 Å². The maximum Gasteiger partial charge on any atom is 0.335 e. The van der Waals surface area contributed by atoms with Gasteiger partial charge >= 0.3 is 5.97 Å². The van der Waals surface area contributed by atoms with Gasteiger partial charge in [0.2, 0.25) is 0 Å². The fourth-order valence-corrected chi connectivity index (χ4v) is 3.22. The molecule has 0 saturated carbocycles. The predicted octanol–water partition coefficient (Wildman–Crippen LogP) is 1.41. The lowest BCUT2D eigenvalue weighted by atomic mass is 9.83. The number of carbonyl (C=O) groups is 3. The third-order valence-corrected chi connectivity index (χ3v) is 4.43. The molecule has 0 aromatic heterocycles. The van der Waals surface area contributed by atoms with E-state index in [1.165, 1.54) is 12.1 Å². The van der Waals surface area contributed by atoms with Crippen LogP contribution >= 0.6 is 0 Å². The molecule has 0 fully saturated rings. The van der Waals surface area contributed by atoms with Gasteiger partial charge in [-0.15, -0.1) is 0 Å². The Morgan fingerprint density at radius 2 is 1.61 bits per heavy atom. The van der Waals surface area contributed by atoms with E-state index in [1.54, 1.807) is 0 Å². The van der Waals surface area contributed by atoms with E-state index < -0.39 is 38.1 Å². The first kappa shape index (κ1) is 15.1. The standard InChI is InChI=1S/C15H8O7S/c16-13-9-2-1-3-11(23(20,21)22)12(9)14(17)8-5-4-7(15(18)19)6-10(8)13/h1-6H,(H,18,19)(H,20,21,22). The molecule has 3 rings (SSSR count). The van der Waals surface area contributed by atoms with E-state index in [9.17, 15) is 27.4 Å². The summed E-state index contributed by atoms with van der Waals surface area (Å²) in [4.78, 5) is 35.4. The van der Waals surface area contributed by atoms with Crippen molar-refractivity contribution in [1.29, 1.82) is 0 Å². The van der Waals surface area contributed by atoms with E-state index in [1.807, 2.05) is 0 Å². The number of fused-ring (bicyclic) bond motifs is 2. The first-order valence-electron chi connectivity index (χ1n) is 6.29. The van der Waals surface area contributed by atoms with Crippen LogP contribution in [0.15, 0.2) is 41.3 Å². The van der Waals surface area contributed by atoms with Gasteiger partial charge in [0.1, 0.15) is 4.90 Å². The van der Waals surface area contributed by atoms with Crippen LogP contribution in [0.5, 0.6) is 0 Å². The van der Waals surface area contributed by atoms with Gasteiger partial charge in [-0.3, -0.25) is 14.1 Å². The molecular weight excluding hydrogens is 324 g/mol. The molecule has 0 bridgehead atoms. The zero-order valence-electron chi connectivity index (χ0n) is 11.3. The summed E-state index contributed by atoms with van der Waals surface area (Å²) in [6, 6.07) is 6.87. The van der Waals surface area contributed by atoms with E-state index in [0.717, 1.165) is 24.3 Å². The average molecular weight is 332 g/mol. The largest absolute Gasteiger partial charge is 0.478 e. The summed E-state index contributed by atoms with van der Waals surface area (Å²) >= 11 is 0. The zero-order valence-corrected chi connectivity index (χ0v) is 12.1. The molecule has 0 radical (unpaired) electrons. The van der Waals surface area contributed by atoms with Gasteiger partial charge < -0.3 is 5.11 Å². The summed E-state index contributed by atoms with van der Waals surface area (Å²) < 4.78 is 32.1. The SMILES string of the molecule is O=C(O)c1ccc2c(c1)C(=O)c1cccc(S(=O)(=O)O)c1C2=O. The minimum Gasteiger partial charge on any atom is -0.478 e. The Hall–Kier alpha value is -2.84. The minimum atomic E-state index is -4.69. The number of hydrogen-bond acceptors (Lipinski definition) is 5. The molecule has 0 aliphatic heterocycles. The Morgan fingerprint density at radius 3 is 2.22 bits per heavy atom. The number of carbonyl (C=O) groups excluding carboxylic acids is 2. The maximum absolute atomic E-state index is 12.5. The predicted molar refractivity (Wildman–Crippen MR) is 76.5 cm³/mol. The van der Waals surface area contributed by atoms with Crippen LogP contribution in [0.2, 0.25) is 0 Å². The lowest BCUT2D eigenvalue weighted by molar-refractivity contribution is 0.0696. The molecule has 0 heterocycles. The Balaban J connectivity index is 2.33. The van der Waals surface area contributed by atoms with E-state index >= 15 is 0 Å². The van der Waals surface area contributed by atoms with Crippen LogP contribution < -0.4 is 0 Å². The molecule has 0 spiro atoms. The highest BCUT2D eigenvalue weighted by atomic mass is 32.2. The number of benzene rings is 2. The molecule has 2 N–H and O–H groups in total. The van der Waals surface area contributed by atoms with Crippen molar-refractivity contribution in [2.24, 2.45) is 0 Å². The van der Waals surface area contributed by atoms with Gasteiger partial charge in [0.05, 0.1) is 11.1 Å². The van der Waals surface area contributed by atoms with Crippen molar-refractivity contribution < 1.29 is 32.5 Å². The second-order valence-electron chi connectivity index (χ2n) is 4.88. The summed E-state index contributed by atoms with van der Waals surface area (Å²) in [6.07, 6.45) is 0. The van der Waals surface area contributed by atoms with Gasteiger partial charge in [-0.05, 0) is 24.3 Å². The average Bonchev–Trinajstić information content (AvgIpc) is 2.50. The summed E-state index contributed by atoms with van der Waals surface area (Å²) in [5.41, 5.74) is -0.992. The zero-order chi connectivity index (χ0) is 16.9. The number of ketones is 2. The van der Waals surface area contributed by atoms with Gasteiger partial charge in [-0.25, -0.2) is 4.79 Å². The van der Waals surface area contributed by atoms with Crippen molar-refractivity contribution in [3.05, 3.63) is 64.2 Å². The molecule has 0 amide bonds. The smallest absolute Gasteiger partial charge is 0.335 e. The van der Waals surface area contributed by atoms with Crippen molar-refractivity contribution in [1.82, 2.24) is 0 Å². The van der Waals surface area contributed by atoms with Crippen molar-refractivity contribution in [3.63, 3.8) is 0 Å². The molecule has 7 nitrogen and oxygen atoms in total. The van der Waals surface area contributed by atoms with Crippen molar-refractivity contribution in [2.75, 3.05) is 0 Å². The molecule has 1 aliphatic rings.